The largest absolute Gasteiger partial charge is 0.352 e. The van der Waals surface area contributed by atoms with E-state index in [9.17, 15) is 4.79 Å². The van der Waals surface area contributed by atoms with Gasteiger partial charge in [0.25, 0.3) is 0 Å². The summed E-state index contributed by atoms with van der Waals surface area (Å²) >= 11 is 0. The van der Waals surface area contributed by atoms with Crippen LogP contribution in [0.4, 0.5) is 0 Å². The Morgan fingerprint density at radius 1 is 0.955 bits per heavy atom. The molecule has 0 unspecified atom stereocenters. The number of amides is 1. The van der Waals surface area contributed by atoms with Crippen LogP contribution >= 0.6 is 0 Å². The van der Waals surface area contributed by atoms with Crippen molar-refractivity contribution in [1.82, 2.24) is 5.32 Å². The molecule has 2 heteroatoms. The van der Waals surface area contributed by atoms with E-state index in [0.29, 0.717) is 6.54 Å². The number of carbonyl (C=O) groups is 1. The summed E-state index contributed by atoms with van der Waals surface area (Å²) in [6.45, 7) is 2.72. The number of hydrogen-bond acceptors (Lipinski definition) is 1. The number of nitrogens with one attached hydrogen (secondary N) is 1. The normalized spacial score (nSPS) is 11.0. The quantitative estimate of drug-likeness (QED) is 0.758. The van der Waals surface area contributed by atoms with E-state index in [1.807, 2.05) is 66.7 Å². The molecule has 114 valence electrons. The third-order valence-electron chi connectivity index (χ3n) is 3.54. The second-order valence-corrected chi connectivity index (χ2v) is 5.26. The molecule has 0 aliphatic rings. The molecule has 2 rings (SSSR count). The molecule has 0 saturated heterocycles. The topological polar surface area (TPSA) is 29.1 Å². The lowest BCUT2D eigenvalue weighted by molar-refractivity contribution is -0.121. The number of hydrogen-bond donors (Lipinski definition) is 1. The third-order valence-corrected chi connectivity index (χ3v) is 3.54. The first-order valence-corrected chi connectivity index (χ1v) is 7.85. The zero-order chi connectivity index (χ0) is 15.6. The van der Waals surface area contributed by atoms with Gasteiger partial charge in [-0.25, -0.2) is 0 Å². The summed E-state index contributed by atoms with van der Waals surface area (Å²) < 4.78 is 0. The van der Waals surface area contributed by atoms with Gasteiger partial charge in [0.2, 0.25) is 5.91 Å². The van der Waals surface area contributed by atoms with Gasteiger partial charge in [0.05, 0.1) is 5.92 Å². The fourth-order valence-corrected chi connectivity index (χ4v) is 2.42. The lowest BCUT2D eigenvalue weighted by Crippen LogP contribution is -2.30. The van der Waals surface area contributed by atoms with Crippen LogP contribution < -0.4 is 5.32 Å². The molecule has 1 amide bonds. The average molecular weight is 293 g/mol. The van der Waals surface area contributed by atoms with Gasteiger partial charge in [-0.15, -0.1) is 0 Å². The first-order valence-electron chi connectivity index (χ1n) is 7.85. The van der Waals surface area contributed by atoms with Crippen LogP contribution in [0.15, 0.2) is 72.8 Å². The Morgan fingerprint density at radius 3 is 2.00 bits per heavy atom. The molecule has 2 aromatic carbocycles. The third kappa shape index (κ3) is 4.59. The summed E-state index contributed by atoms with van der Waals surface area (Å²) in [5.41, 5.74) is 2.03. The van der Waals surface area contributed by atoms with E-state index in [1.165, 1.54) is 0 Å². The Balaban J connectivity index is 2.13. The standard InChI is InChI=1S/C20H23NO/c1-2-3-4-11-16-21-20(22)19(17-12-7-5-8-13-17)18-14-9-6-10-15-18/h4-15,19H,2-3,16H2,1H3,(H,21,22). The predicted octanol–water partition coefficient (Wildman–Crippen LogP) is 4.29. The summed E-state index contributed by atoms with van der Waals surface area (Å²) in [6.07, 6.45) is 6.31. The second kappa shape index (κ2) is 8.83. The molecule has 0 fully saturated rings. The van der Waals surface area contributed by atoms with Gasteiger partial charge in [0.15, 0.2) is 0 Å². The van der Waals surface area contributed by atoms with Crippen LogP contribution in [0.1, 0.15) is 36.8 Å². The Bertz CT molecular complexity index is 550. The van der Waals surface area contributed by atoms with Crippen LogP contribution in [-0.4, -0.2) is 12.5 Å². The van der Waals surface area contributed by atoms with Crippen molar-refractivity contribution < 1.29 is 4.79 Å². The van der Waals surface area contributed by atoms with Crippen molar-refractivity contribution in [1.29, 1.82) is 0 Å². The molecule has 22 heavy (non-hydrogen) atoms. The molecule has 2 nitrogen and oxygen atoms in total. The summed E-state index contributed by atoms with van der Waals surface area (Å²) in [7, 11) is 0. The van der Waals surface area contributed by atoms with Crippen molar-refractivity contribution in [3.8, 4) is 0 Å². The highest BCUT2D eigenvalue weighted by Gasteiger charge is 2.21. The van der Waals surface area contributed by atoms with Crippen molar-refractivity contribution in [3.05, 3.63) is 83.9 Å². The van der Waals surface area contributed by atoms with Crippen LogP contribution in [0.5, 0.6) is 0 Å². The number of benzene rings is 2. The zero-order valence-corrected chi connectivity index (χ0v) is 13.0. The highest BCUT2D eigenvalue weighted by Crippen LogP contribution is 2.24. The SMILES string of the molecule is CCCC=CCNC(=O)C(c1ccccc1)c1ccccc1. The number of rotatable bonds is 7. The van der Waals surface area contributed by atoms with Crippen molar-refractivity contribution in [2.45, 2.75) is 25.7 Å². The van der Waals surface area contributed by atoms with E-state index in [4.69, 9.17) is 0 Å². The minimum atomic E-state index is -0.262. The van der Waals surface area contributed by atoms with Gasteiger partial charge in [-0.1, -0.05) is 86.2 Å². The van der Waals surface area contributed by atoms with Gasteiger partial charge in [-0.2, -0.15) is 0 Å². The lowest BCUT2D eigenvalue weighted by atomic mass is 9.90. The van der Waals surface area contributed by atoms with Gasteiger partial charge >= 0.3 is 0 Å². The average Bonchev–Trinajstić information content (AvgIpc) is 2.57. The molecule has 0 bridgehead atoms. The molecule has 0 atom stereocenters. The Hall–Kier alpha value is -2.35. The van der Waals surface area contributed by atoms with Gasteiger partial charge in [0.1, 0.15) is 0 Å². The molecular formula is C20H23NO. The Labute approximate surface area is 132 Å². The molecule has 0 aromatic heterocycles. The van der Waals surface area contributed by atoms with Gasteiger partial charge in [0, 0.05) is 6.54 Å². The maximum atomic E-state index is 12.6. The van der Waals surface area contributed by atoms with Crippen LogP contribution in [0.2, 0.25) is 0 Å². The Kier molecular flexibility index (Phi) is 6.43. The fourth-order valence-electron chi connectivity index (χ4n) is 2.42. The van der Waals surface area contributed by atoms with Gasteiger partial charge < -0.3 is 5.32 Å². The minimum absolute atomic E-state index is 0.0403. The van der Waals surface area contributed by atoms with Crippen molar-refractivity contribution in [2.75, 3.05) is 6.54 Å². The summed E-state index contributed by atoms with van der Waals surface area (Å²) in [4.78, 5) is 12.6. The summed E-state index contributed by atoms with van der Waals surface area (Å²) in [5, 5.41) is 3.01. The van der Waals surface area contributed by atoms with Crippen LogP contribution in [0, 0.1) is 0 Å². The first-order chi connectivity index (χ1) is 10.8. The molecule has 2 aromatic rings. The molecule has 1 N–H and O–H groups in total. The van der Waals surface area contributed by atoms with E-state index in [-0.39, 0.29) is 11.8 Å². The van der Waals surface area contributed by atoms with E-state index in [1.54, 1.807) is 0 Å². The number of allylic oxidation sites excluding steroid dienone is 1. The zero-order valence-electron chi connectivity index (χ0n) is 13.0. The molecule has 0 aliphatic carbocycles. The maximum absolute atomic E-state index is 12.6. The second-order valence-electron chi connectivity index (χ2n) is 5.26. The highest BCUT2D eigenvalue weighted by atomic mass is 16.1. The van der Waals surface area contributed by atoms with Crippen molar-refractivity contribution >= 4 is 5.91 Å². The van der Waals surface area contributed by atoms with Crippen molar-refractivity contribution in [2.24, 2.45) is 0 Å². The molecule has 0 heterocycles. The minimum Gasteiger partial charge on any atom is -0.352 e. The van der Waals surface area contributed by atoms with Crippen LogP contribution in [0.25, 0.3) is 0 Å². The number of unbranched alkanes of at least 4 members (excludes halogenated alkanes) is 1. The smallest absolute Gasteiger partial charge is 0.232 e. The van der Waals surface area contributed by atoms with E-state index in [0.717, 1.165) is 24.0 Å². The highest BCUT2D eigenvalue weighted by molar-refractivity contribution is 5.87. The summed E-state index contributed by atoms with van der Waals surface area (Å²) in [6, 6.07) is 19.8. The van der Waals surface area contributed by atoms with E-state index >= 15 is 0 Å². The predicted molar refractivity (Wildman–Crippen MR) is 91.8 cm³/mol. The molecule has 0 saturated carbocycles. The number of carbonyl (C=O) groups excluding carboxylic acids is 1. The van der Waals surface area contributed by atoms with Crippen LogP contribution in [-0.2, 0) is 4.79 Å². The van der Waals surface area contributed by atoms with Crippen LogP contribution in [0.3, 0.4) is 0 Å². The summed E-state index contributed by atoms with van der Waals surface area (Å²) in [5.74, 6) is -0.222. The first kappa shape index (κ1) is 16.0. The lowest BCUT2D eigenvalue weighted by Gasteiger charge is -2.17. The van der Waals surface area contributed by atoms with E-state index < -0.39 is 0 Å². The maximum Gasteiger partial charge on any atom is 0.232 e. The van der Waals surface area contributed by atoms with Crippen molar-refractivity contribution in [3.63, 3.8) is 0 Å². The Morgan fingerprint density at radius 2 is 1.50 bits per heavy atom. The fraction of sp³-hybridized carbons (Fsp3) is 0.250. The molecular weight excluding hydrogens is 270 g/mol. The molecule has 0 spiro atoms. The monoisotopic (exact) mass is 293 g/mol. The molecule has 0 radical (unpaired) electrons. The van der Waals surface area contributed by atoms with Gasteiger partial charge in [-0.3, -0.25) is 4.79 Å². The van der Waals surface area contributed by atoms with Gasteiger partial charge in [-0.05, 0) is 17.5 Å². The van der Waals surface area contributed by atoms with E-state index in [2.05, 4.69) is 18.3 Å². The molecule has 0 aliphatic heterocycles.